The summed E-state index contributed by atoms with van der Waals surface area (Å²) in [6, 6.07) is 6.65. The maximum absolute atomic E-state index is 12.0. The van der Waals surface area contributed by atoms with Gasteiger partial charge in [-0.25, -0.2) is 8.42 Å². The lowest BCUT2D eigenvalue weighted by atomic mass is 10.0. The van der Waals surface area contributed by atoms with E-state index >= 15 is 0 Å². The van der Waals surface area contributed by atoms with Gasteiger partial charge in [-0.1, -0.05) is 6.07 Å². The van der Waals surface area contributed by atoms with Crippen molar-refractivity contribution < 1.29 is 13.2 Å². The third-order valence-corrected chi connectivity index (χ3v) is 3.64. The van der Waals surface area contributed by atoms with Crippen molar-refractivity contribution in [2.45, 2.75) is 25.8 Å². The Morgan fingerprint density at radius 1 is 1.37 bits per heavy atom. The number of benzene rings is 1. The van der Waals surface area contributed by atoms with Crippen LogP contribution in [-0.4, -0.2) is 31.9 Å². The summed E-state index contributed by atoms with van der Waals surface area (Å²) >= 11 is 0. The molecule has 0 saturated carbocycles. The first-order chi connectivity index (χ1) is 8.59. The van der Waals surface area contributed by atoms with Crippen LogP contribution < -0.4 is 11.1 Å². The van der Waals surface area contributed by atoms with Crippen LogP contribution in [0.4, 0.5) is 5.69 Å². The number of hydrogen-bond acceptors (Lipinski definition) is 4. The van der Waals surface area contributed by atoms with E-state index in [4.69, 9.17) is 5.73 Å². The summed E-state index contributed by atoms with van der Waals surface area (Å²) < 4.78 is 22.3. The molecule has 0 saturated heterocycles. The zero-order valence-electron chi connectivity index (χ0n) is 11.4. The van der Waals surface area contributed by atoms with Crippen molar-refractivity contribution in [1.82, 2.24) is 5.32 Å². The maximum atomic E-state index is 12.0. The molecule has 0 spiro atoms. The summed E-state index contributed by atoms with van der Waals surface area (Å²) in [6.07, 6.45) is 1.54. The molecular formula is C13H20N2O3S. The van der Waals surface area contributed by atoms with E-state index in [1.165, 1.54) is 6.26 Å². The van der Waals surface area contributed by atoms with Crippen LogP contribution in [0.15, 0.2) is 24.3 Å². The fourth-order valence-corrected chi connectivity index (χ4v) is 2.44. The molecule has 0 unspecified atom stereocenters. The number of nitrogens with two attached hydrogens (primary N) is 1. The normalized spacial score (nSPS) is 12.2. The summed E-state index contributed by atoms with van der Waals surface area (Å²) in [7, 11) is -3.04. The van der Waals surface area contributed by atoms with Crippen molar-refractivity contribution in [3.05, 3.63) is 29.8 Å². The van der Waals surface area contributed by atoms with Gasteiger partial charge in [-0.15, -0.1) is 0 Å². The summed E-state index contributed by atoms with van der Waals surface area (Å²) in [5, 5.41) is 2.81. The molecule has 5 nitrogen and oxygen atoms in total. The van der Waals surface area contributed by atoms with E-state index in [1.54, 1.807) is 38.1 Å². The number of sulfone groups is 1. The van der Waals surface area contributed by atoms with Crippen molar-refractivity contribution in [1.29, 1.82) is 0 Å². The molecule has 0 aliphatic rings. The first kappa shape index (κ1) is 15.5. The van der Waals surface area contributed by atoms with Gasteiger partial charge in [0.1, 0.15) is 9.84 Å². The van der Waals surface area contributed by atoms with E-state index in [0.717, 1.165) is 0 Å². The van der Waals surface area contributed by atoms with E-state index < -0.39 is 15.4 Å². The SMILES string of the molecule is CC(C)(CCS(C)(=O)=O)NC(=O)c1cccc(N)c1. The minimum atomic E-state index is -3.04. The highest BCUT2D eigenvalue weighted by Crippen LogP contribution is 2.13. The van der Waals surface area contributed by atoms with Gasteiger partial charge in [0.05, 0.1) is 5.75 Å². The molecule has 0 aliphatic heterocycles. The highest BCUT2D eigenvalue weighted by molar-refractivity contribution is 7.90. The third-order valence-electron chi connectivity index (χ3n) is 2.70. The van der Waals surface area contributed by atoms with E-state index in [1.807, 2.05) is 0 Å². The van der Waals surface area contributed by atoms with Crippen molar-refractivity contribution in [3.8, 4) is 0 Å². The minimum Gasteiger partial charge on any atom is -0.399 e. The second kappa shape index (κ2) is 5.61. The molecule has 1 amide bonds. The van der Waals surface area contributed by atoms with Crippen LogP contribution in [0.2, 0.25) is 0 Å². The summed E-state index contributed by atoms with van der Waals surface area (Å²) in [5.74, 6) is -0.220. The molecule has 0 atom stereocenters. The van der Waals surface area contributed by atoms with Crippen LogP contribution >= 0.6 is 0 Å². The van der Waals surface area contributed by atoms with Crippen LogP contribution in [0.1, 0.15) is 30.6 Å². The lowest BCUT2D eigenvalue weighted by Gasteiger charge is -2.26. The molecule has 106 valence electrons. The molecule has 1 aromatic rings. The van der Waals surface area contributed by atoms with Crippen molar-refractivity contribution in [2.75, 3.05) is 17.7 Å². The van der Waals surface area contributed by atoms with Gasteiger partial charge < -0.3 is 11.1 Å². The van der Waals surface area contributed by atoms with Crippen molar-refractivity contribution >= 4 is 21.4 Å². The molecule has 0 heterocycles. The van der Waals surface area contributed by atoms with Crippen LogP contribution in [0.25, 0.3) is 0 Å². The Hall–Kier alpha value is -1.56. The lowest BCUT2D eigenvalue weighted by Crippen LogP contribution is -2.44. The van der Waals surface area contributed by atoms with Crippen LogP contribution in [0.5, 0.6) is 0 Å². The number of nitrogens with one attached hydrogen (secondary N) is 1. The predicted octanol–water partition coefficient (Wildman–Crippen LogP) is 1.21. The van der Waals surface area contributed by atoms with Crippen molar-refractivity contribution in [2.24, 2.45) is 0 Å². The average molecular weight is 284 g/mol. The molecule has 1 aromatic carbocycles. The standard InChI is InChI=1S/C13H20N2O3S/c1-13(2,7-8-19(3,17)18)15-12(16)10-5-4-6-11(14)9-10/h4-6,9H,7-8,14H2,1-3H3,(H,15,16). The number of rotatable bonds is 5. The molecule has 0 bridgehead atoms. The Morgan fingerprint density at radius 3 is 2.53 bits per heavy atom. The second-order valence-corrected chi connectivity index (χ2v) is 7.60. The first-order valence-corrected chi connectivity index (χ1v) is 8.01. The molecule has 0 aromatic heterocycles. The molecule has 0 fully saturated rings. The van der Waals surface area contributed by atoms with Gasteiger partial charge in [-0.05, 0) is 38.5 Å². The van der Waals surface area contributed by atoms with Gasteiger partial charge in [0.15, 0.2) is 0 Å². The highest BCUT2D eigenvalue weighted by Gasteiger charge is 2.22. The highest BCUT2D eigenvalue weighted by atomic mass is 32.2. The average Bonchev–Trinajstić information content (AvgIpc) is 2.25. The van der Waals surface area contributed by atoms with Gasteiger partial charge >= 0.3 is 0 Å². The predicted molar refractivity (Wildman–Crippen MR) is 76.7 cm³/mol. The Bertz CT molecular complexity index is 565. The van der Waals surface area contributed by atoms with Gasteiger partial charge in [0, 0.05) is 23.0 Å². The Balaban J connectivity index is 2.70. The monoisotopic (exact) mass is 284 g/mol. The van der Waals surface area contributed by atoms with E-state index in [2.05, 4.69) is 5.32 Å². The van der Waals surface area contributed by atoms with Crippen LogP contribution in [0.3, 0.4) is 0 Å². The van der Waals surface area contributed by atoms with Crippen molar-refractivity contribution in [3.63, 3.8) is 0 Å². The molecule has 3 N–H and O–H groups in total. The molecule has 6 heteroatoms. The number of carbonyl (C=O) groups is 1. The summed E-state index contributed by atoms with van der Waals surface area (Å²) in [4.78, 5) is 12.0. The Labute approximate surface area is 114 Å². The summed E-state index contributed by atoms with van der Waals surface area (Å²) in [6.45, 7) is 3.59. The smallest absolute Gasteiger partial charge is 0.251 e. The Kier molecular flexibility index (Phi) is 4.57. The fraction of sp³-hybridized carbons (Fsp3) is 0.462. The molecule has 0 radical (unpaired) electrons. The zero-order chi connectivity index (χ0) is 14.7. The van der Waals surface area contributed by atoms with E-state index in [0.29, 0.717) is 17.7 Å². The van der Waals surface area contributed by atoms with Gasteiger partial charge in [0.2, 0.25) is 0 Å². The maximum Gasteiger partial charge on any atom is 0.251 e. The van der Waals surface area contributed by atoms with Crippen LogP contribution in [-0.2, 0) is 9.84 Å². The zero-order valence-corrected chi connectivity index (χ0v) is 12.3. The minimum absolute atomic E-state index is 0.0389. The molecular weight excluding hydrogens is 264 g/mol. The topological polar surface area (TPSA) is 89.3 Å². The van der Waals surface area contributed by atoms with E-state index in [-0.39, 0.29) is 11.7 Å². The molecule has 1 rings (SSSR count). The number of amides is 1. The second-order valence-electron chi connectivity index (χ2n) is 5.34. The molecule has 0 aliphatic carbocycles. The van der Waals surface area contributed by atoms with Gasteiger partial charge in [-0.3, -0.25) is 4.79 Å². The molecule has 19 heavy (non-hydrogen) atoms. The number of hydrogen-bond donors (Lipinski definition) is 2. The summed E-state index contributed by atoms with van der Waals surface area (Å²) in [5.41, 5.74) is 6.00. The van der Waals surface area contributed by atoms with Crippen LogP contribution in [0, 0.1) is 0 Å². The van der Waals surface area contributed by atoms with E-state index in [9.17, 15) is 13.2 Å². The largest absolute Gasteiger partial charge is 0.399 e. The fourth-order valence-electron chi connectivity index (χ4n) is 1.56. The first-order valence-electron chi connectivity index (χ1n) is 5.95. The third kappa shape index (κ3) is 5.74. The quantitative estimate of drug-likeness (QED) is 0.795. The van der Waals surface area contributed by atoms with Gasteiger partial charge in [0.25, 0.3) is 5.91 Å². The lowest BCUT2D eigenvalue weighted by molar-refractivity contribution is 0.0911. The number of anilines is 1. The number of nitrogen functional groups attached to an aromatic ring is 1. The van der Waals surface area contributed by atoms with Gasteiger partial charge in [-0.2, -0.15) is 0 Å². The Morgan fingerprint density at radius 2 is 2.00 bits per heavy atom. The number of carbonyl (C=O) groups excluding carboxylic acids is 1.